The normalized spacial score (nSPS) is 12.0. The molecule has 0 aliphatic rings. The summed E-state index contributed by atoms with van der Waals surface area (Å²) >= 11 is 0. The number of alkyl halides is 3. The smallest absolute Gasteiger partial charge is 0.312 e. The van der Waals surface area contributed by atoms with Gasteiger partial charge in [-0.2, -0.15) is 17.6 Å². The van der Waals surface area contributed by atoms with Crippen molar-refractivity contribution in [2.45, 2.75) is 6.18 Å². The van der Waals surface area contributed by atoms with E-state index in [-0.39, 0.29) is 5.56 Å². The summed E-state index contributed by atoms with van der Waals surface area (Å²) in [7, 11) is 1.74. The van der Waals surface area contributed by atoms with Gasteiger partial charge in [-0.25, -0.2) is 4.57 Å². The van der Waals surface area contributed by atoms with Crippen molar-refractivity contribution < 1.29 is 17.7 Å². The Kier molecular flexibility index (Phi) is 2.86. The van der Waals surface area contributed by atoms with Crippen LogP contribution in [0.1, 0.15) is 5.56 Å². The maximum Gasteiger partial charge on any atom is 0.416 e. The van der Waals surface area contributed by atoms with Gasteiger partial charge in [-0.1, -0.05) is 12.1 Å². The van der Waals surface area contributed by atoms with Gasteiger partial charge in [0.1, 0.15) is 18.6 Å². The van der Waals surface area contributed by atoms with Crippen molar-refractivity contribution in [1.29, 1.82) is 0 Å². The second-order valence-corrected chi connectivity index (χ2v) is 4.71. The van der Waals surface area contributed by atoms with Crippen molar-refractivity contribution in [3.63, 3.8) is 0 Å². The maximum atomic E-state index is 12.5. The molecule has 2 aromatic heterocycles. The first-order chi connectivity index (χ1) is 9.86. The lowest BCUT2D eigenvalue weighted by Gasteiger charge is -2.07. The number of hydrogen-bond acceptors (Lipinski definition) is 1. The zero-order valence-electron chi connectivity index (χ0n) is 11.0. The molecule has 0 bridgehead atoms. The van der Waals surface area contributed by atoms with Gasteiger partial charge in [0.05, 0.1) is 18.3 Å². The van der Waals surface area contributed by atoms with E-state index in [0.29, 0.717) is 16.9 Å². The molecule has 0 unspecified atom stereocenters. The zero-order chi connectivity index (χ0) is 15.2. The van der Waals surface area contributed by atoms with E-state index in [1.54, 1.807) is 34.6 Å². The fraction of sp³-hybridized carbons (Fsp3) is 0.143. The second kappa shape index (κ2) is 4.47. The lowest BCUT2D eigenvalue weighted by molar-refractivity contribution is -0.645. The standard InChI is InChI=1S/C14H10F3N3O/c1-19-6-7-20-8-11(18-12(21)13(19)20)9-2-4-10(5-3-9)14(15,16)17/h2-8H,1H3/p+1. The van der Waals surface area contributed by atoms with Crippen LogP contribution in [-0.4, -0.2) is 9.38 Å². The number of hydrogen-bond donors (Lipinski definition) is 1. The SMILES string of the molecule is C[n+]1ccn2cc(-c3ccc(C(F)(F)F)cc3)[nH]c(=O)c21. The van der Waals surface area contributed by atoms with Crippen LogP contribution >= 0.6 is 0 Å². The molecule has 0 atom stereocenters. The number of H-pyrrole nitrogens is 1. The van der Waals surface area contributed by atoms with Crippen molar-refractivity contribution >= 4 is 5.65 Å². The van der Waals surface area contributed by atoms with E-state index in [2.05, 4.69) is 4.98 Å². The van der Waals surface area contributed by atoms with Crippen LogP contribution in [0, 0.1) is 0 Å². The number of nitrogens with zero attached hydrogens (tertiary/aromatic N) is 2. The summed E-state index contributed by atoms with van der Waals surface area (Å²) in [4.78, 5) is 14.7. The lowest BCUT2D eigenvalue weighted by atomic mass is 10.1. The van der Waals surface area contributed by atoms with Gasteiger partial charge in [0.15, 0.2) is 0 Å². The predicted molar refractivity (Wildman–Crippen MR) is 69.6 cm³/mol. The fourth-order valence-electron chi connectivity index (χ4n) is 2.21. The molecule has 0 amide bonds. The number of halogens is 3. The van der Waals surface area contributed by atoms with Gasteiger partial charge < -0.3 is 4.98 Å². The third-order valence-electron chi connectivity index (χ3n) is 3.27. The second-order valence-electron chi connectivity index (χ2n) is 4.71. The Morgan fingerprint density at radius 2 is 1.86 bits per heavy atom. The van der Waals surface area contributed by atoms with E-state index in [4.69, 9.17) is 0 Å². The molecule has 108 valence electrons. The van der Waals surface area contributed by atoms with Gasteiger partial charge in [-0.15, -0.1) is 0 Å². The van der Waals surface area contributed by atoms with Gasteiger partial charge in [-0.05, 0) is 12.1 Å². The average Bonchev–Trinajstić information content (AvgIpc) is 2.80. The minimum Gasteiger partial charge on any atom is -0.312 e. The summed E-state index contributed by atoms with van der Waals surface area (Å²) in [5.41, 5.74) is 0.392. The number of benzene rings is 1. The maximum absolute atomic E-state index is 12.5. The summed E-state index contributed by atoms with van der Waals surface area (Å²) in [6.45, 7) is 0. The van der Waals surface area contributed by atoms with Crippen LogP contribution < -0.4 is 10.1 Å². The van der Waals surface area contributed by atoms with Crippen molar-refractivity contribution in [2.75, 3.05) is 0 Å². The van der Waals surface area contributed by atoms with E-state index >= 15 is 0 Å². The lowest BCUT2D eigenvalue weighted by Crippen LogP contribution is -2.32. The molecule has 3 rings (SSSR count). The third-order valence-corrected chi connectivity index (χ3v) is 3.27. The summed E-state index contributed by atoms with van der Waals surface area (Å²) in [6, 6.07) is 4.66. The molecule has 0 spiro atoms. The van der Waals surface area contributed by atoms with Gasteiger partial charge in [-0.3, -0.25) is 4.79 Å². The highest BCUT2D eigenvalue weighted by Gasteiger charge is 2.30. The van der Waals surface area contributed by atoms with Gasteiger partial charge in [0.25, 0.3) is 0 Å². The summed E-state index contributed by atoms with van der Waals surface area (Å²) in [6.07, 6.45) is 0.725. The molecule has 4 nitrogen and oxygen atoms in total. The summed E-state index contributed by atoms with van der Waals surface area (Å²) < 4.78 is 40.9. The number of imidazole rings is 1. The Morgan fingerprint density at radius 1 is 1.19 bits per heavy atom. The quantitative estimate of drug-likeness (QED) is 0.686. The van der Waals surface area contributed by atoms with Crippen molar-refractivity contribution in [3.05, 3.63) is 58.8 Å². The van der Waals surface area contributed by atoms with E-state index in [1.165, 1.54) is 12.1 Å². The molecule has 0 saturated heterocycles. The first-order valence-corrected chi connectivity index (χ1v) is 6.13. The van der Waals surface area contributed by atoms with E-state index in [9.17, 15) is 18.0 Å². The molecule has 1 aromatic carbocycles. The van der Waals surface area contributed by atoms with Crippen LogP contribution in [0.3, 0.4) is 0 Å². The van der Waals surface area contributed by atoms with E-state index < -0.39 is 11.7 Å². The molecule has 0 radical (unpaired) electrons. The van der Waals surface area contributed by atoms with Crippen molar-refractivity contribution in [1.82, 2.24) is 9.38 Å². The minimum absolute atomic E-state index is 0.306. The van der Waals surface area contributed by atoms with Crippen LogP contribution in [0.5, 0.6) is 0 Å². The highest BCUT2D eigenvalue weighted by atomic mass is 19.4. The third kappa shape index (κ3) is 2.31. The Bertz CT molecular complexity index is 860. The minimum atomic E-state index is -4.37. The predicted octanol–water partition coefficient (Wildman–Crippen LogP) is 2.14. The number of aromatic nitrogens is 3. The van der Waals surface area contributed by atoms with Crippen molar-refractivity contribution in [3.8, 4) is 11.3 Å². The largest absolute Gasteiger partial charge is 0.416 e. The molecular formula is C14H11F3N3O+. The zero-order valence-corrected chi connectivity index (χ0v) is 11.0. The molecule has 0 fully saturated rings. The topological polar surface area (TPSA) is 41.1 Å². The Hall–Kier alpha value is -2.57. The fourth-order valence-corrected chi connectivity index (χ4v) is 2.21. The van der Waals surface area contributed by atoms with Crippen LogP contribution in [0.4, 0.5) is 13.2 Å². The van der Waals surface area contributed by atoms with Crippen LogP contribution in [0.15, 0.2) is 47.7 Å². The number of nitrogens with one attached hydrogen (secondary N) is 1. The first kappa shape index (κ1) is 13.4. The first-order valence-electron chi connectivity index (χ1n) is 6.13. The monoisotopic (exact) mass is 294 g/mol. The van der Waals surface area contributed by atoms with Crippen LogP contribution in [0.25, 0.3) is 16.9 Å². The highest BCUT2D eigenvalue weighted by molar-refractivity contribution is 5.59. The average molecular weight is 294 g/mol. The number of fused-ring (bicyclic) bond motifs is 1. The molecule has 3 aromatic rings. The van der Waals surface area contributed by atoms with Gasteiger partial charge >= 0.3 is 17.4 Å². The number of rotatable bonds is 1. The number of aromatic amines is 1. The van der Waals surface area contributed by atoms with Crippen LogP contribution in [-0.2, 0) is 13.2 Å². The van der Waals surface area contributed by atoms with E-state index in [0.717, 1.165) is 12.1 Å². The van der Waals surface area contributed by atoms with Gasteiger partial charge in [0, 0.05) is 5.56 Å². The van der Waals surface area contributed by atoms with Gasteiger partial charge in [0.2, 0.25) is 0 Å². The Morgan fingerprint density at radius 3 is 2.48 bits per heavy atom. The van der Waals surface area contributed by atoms with Crippen LogP contribution in [0.2, 0.25) is 0 Å². The number of aryl methyl sites for hydroxylation is 1. The molecule has 21 heavy (non-hydrogen) atoms. The molecule has 7 heteroatoms. The summed E-state index contributed by atoms with van der Waals surface area (Å²) in [5, 5.41) is 0. The Labute approximate surface area is 117 Å². The molecular weight excluding hydrogens is 283 g/mol. The Balaban J connectivity index is 2.10. The molecule has 1 N–H and O–H groups in total. The molecule has 0 aliphatic heterocycles. The molecule has 0 saturated carbocycles. The van der Waals surface area contributed by atoms with Crippen molar-refractivity contribution in [2.24, 2.45) is 7.05 Å². The molecule has 2 heterocycles. The highest BCUT2D eigenvalue weighted by Crippen LogP contribution is 2.30. The summed E-state index contributed by atoms with van der Waals surface area (Å²) in [5.74, 6) is 0. The van der Waals surface area contributed by atoms with E-state index in [1.807, 2.05) is 0 Å². The molecule has 0 aliphatic carbocycles.